The number of benzene rings is 2. The van der Waals surface area contributed by atoms with Gasteiger partial charge in [0.1, 0.15) is 5.75 Å². The van der Waals surface area contributed by atoms with E-state index in [0.29, 0.717) is 79.6 Å². The second kappa shape index (κ2) is 12.8. The normalized spacial score (nSPS) is 16.1. The van der Waals surface area contributed by atoms with Crippen LogP contribution in [0.25, 0.3) is 10.9 Å². The van der Waals surface area contributed by atoms with Crippen molar-refractivity contribution in [2.24, 2.45) is 5.41 Å². The summed E-state index contributed by atoms with van der Waals surface area (Å²) in [7, 11) is 1.54. The van der Waals surface area contributed by atoms with Crippen LogP contribution in [0.4, 0.5) is 18.9 Å². The summed E-state index contributed by atoms with van der Waals surface area (Å²) in [5.41, 5.74) is 1.35. The molecule has 2 heterocycles. The van der Waals surface area contributed by atoms with Crippen LogP contribution in [-0.2, 0) is 11.4 Å². The van der Waals surface area contributed by atoms with Crippen molar-refractivity contribution in [3.63, 3.8) is 0 Å². The van der Waals surface area contributed by atoms with Crippen LogP contribution in [0.5, 0.6) is 5.75 Å². The standard InChI is InChI=1S/C29H34F3N3O5/c1-40-20-2-3-24-21(14-20)27(18(17-36)16-34-24)25(37)4-5-29(15-26(38)39)6-9-35(10-7-29)11-8-33-19-12-22(30)28(32)23(31)13-19/h2-3,12-14,16,25,33,36-37H,4-11,15,17H2,1H3,(H,38,39)/t25-/m0/s1. The molecule has 0 spiro atoms. The largest absolute Gasteiger partial charge is 0.497 e. The summed E-state index contributed by atoms with van der Waals surface area (Å²) in [6.45, 7) is 1.87. The van der Waals surface area contributed by atoms with Gasteiger partial charge in [-0.25, -0.2) is 13.2 Å². The molecule has 1 saturated heterocycles. The molecular formula is C29H34F3N3O5. The van der Waals surface area contributed by atoms with Crippen molar-refractivity contribution >= 4 is 22.6 Å². The summed E-state index contributed by atoms with van der Waals surface area (Å²) in [5.74, 6) is -4.33. The average molecular weight is 562 g/mol. The molecule has 0 aliphatic carbocycles. The summed E-state index contributed by atoms with van der Waals surface area (Å²) in [6, 6.07) is 7.13. The van der Waals surface area contributed by atoms with Gasteiger partial charge in [0.2, 0.25) is 0 Å². The molecule has 0 bridgehead atoms. The number of hydrogen-bond acceptors (Lipinski definition) is 7. The fourth-order valence-corrected chi connectivity index (χ4v) is 5.57. The summed E-state index contributed by atoms with van der Waals surface area (Å²) >= 11 is 0. The first kappa shape index (κ1) is 29.6. The highest BCUT2D eigenvalue weighted by atomic mass is 19.2. The molecule has 1 aromatic heterocycles. The highest BCUT2D eigenvalue weighted by Crippen LogP contribution is 2.42. The molecule has 4 N–H and O–H groups in total. The number of ether oxygens (including phenoxy) is 1. The molecule has 2 aromatic carbocycles. The maximum Gasteiger partial charge on any atom is 0.303 e. The molecule has 0 amide bonds. The van der Waals surface area contributed by atoms with Crippen molar-refractivity contribution in [3.05, 3.63) is 65.1 Å². The number of aliphatic hydroxyl groups is 2. The van der Waals surface area contributed by atoms with Gasteiger partial charge in [0.05, 0.1) is 31.8 Å². The van der Waals surface area contributed by atoms with Crippen molar-refractivity contribution in [3.8, 4) is 5.75 Å². The van der Waals surface area contributed by atoms with Crippen molar-refractivity contribution < 1.29 is 38.0 Å². The zero-order chi connectivity index (χ0) is 28.9. The smallest absolute Gasteiger partial charge is 0.303 e. The summed E-state index contributed by atoms with van der Waals surface area (Å²) in [4.78, 5) is 18.3. The third-order valence-electron chi connectivity index (χ3n) is 7.83. The maximum absolute atomic E-state index is 13.5. The number of aliphatic carboxylic acids is 1. The number of carboxylic acids is 1. The van der Waals surface area contributed by atoms with Gasteiger partial charge >= 0.3 is 5.97 Å². The van der Waals surface area contributed by atoms with E-state index in [1.807, 2.05) is 0 Å². The number of aliphatic hydroxyl groups excluding tert-OH is 2. The topological polar surface area (TPSA) is 115 Å². The maximum atomic E-state index is 13.5. The molecule has 1 aliphatic rings. The zero-order valence-electron chi connectivity index (χ0n) is 22.3. The van der Waals surface area contributed by atoms with E-state index in [4.69, 9.17) is 4.74 Å². The number of rotatable bonds is 12. The van der Waals surface area contributed by atoms with Gasteiger partial charge in [-0.15, -0.1) is 0 Å². The van der Waals surface area contributed by atoms with Crippen molar-refractivity contribution in [1.82, 2.24) is 9.88 Å². The fraction of sp³-hybridized carbons (Fsp3) is 0.448. The van der Waals surface area contributed by atoms with Crippen LogP contribution in [0, 0.1) is 22.9 Å². The summed E-state index contributed by atoms with van der Waals surface area (Å²) < 4.78 is 45.4. The average Bonchev–Trinajstić information content (AvgIpc) is 2.94. The highest BCUT2D eigenvalue weighted by Gasteiger charge is 2.37. The lowest BCUT2D eigenvalue weighted by Crippen LogP contribution is -2.43. The minimum Gasteiger partial charge on any atom is -0.497 e. The minimum absolute atomic E-state index is 0.0300. The number of nitrogens with one attached hydrogen (secondary N) is 1. The van der Waals surface area contributed by atoms with E-state index >= 15 is 0 Å². The van der Waals surface area contributed by atoms with Gasteiger partial charge in [-0.3, -0.25) is 9.78 Å². The van der Waals surface area contributed by atoms with Crippen LogP contribution in [0.3, 0.4) is 0 Å². The Hall–Kier alpha value is -3.41. The van der Waals surface area contributed by atoms with Crippen LogP contribution >= 0.6 is 0 Å². The number of fused-ring (bicyclic) bond motifs is 1. The first-order valence-electron chi connectivity index (χ1n) is 13.2. The number of carbonyl (C=O) groups is 1. The number of halogens is 3. The molecule has 4 rings (SSSR count). The monoisotopic (exact) mass is 561 g/mol. The zero-order valence-corrected chi connectivity index (χ0v) is 22.3. The Morgan fingerprint density at radius 1 is 1.18 bits per heavy atom. The lowest BCUT2D eigenvalue weighted by molar-refractivity contribution is -0.141. The predicted molar refractivity (Wildman–Crippen MR) is 144 cm³/mol. The SMILES string of the molecule is COc1ccc2ncc(CO)c([C@@H](O)CCC3(CC(=O)O)CCN(CCNc4cc(F)c(F)c(F)c4)CC3)c2c1. The van der Waals surface area contributed by atoms with E-state index in [2.05, 4.69) is 15.2 Å². The second-order valence-electron chi connectivity index (χ2n) is 10.4. The molecule has 0 radical (unpaired) electrons. The molecule has 40 heavy (non-hydrogen) atoms. The number of carboxylic acid groups (broad SMARTS) is 1. The molecule has 1 atom stereocenters. The first-order valence-corrected chi connectivity index (χ1v) is 13.2. The number of likely N-dealkylation sites (tertiary alicyclic amines) is 1. The Kier molecular flexibility index (Phi) is 9.49. The van der Waals surface area contributed by atoms with E-state index in [9.17, 15) is 33.3 Å². The number of piperidine rings is 1. The number of anilines is 1. The predicted octanol–water partition coefficient (Wildman–Crippen LogP) is 4.64. The first-order chi connectivity index (χ1) is 19.1. The van der Waals surface area contributed by atoms with Crippen molar-refractivity contribution in [1.29, 1.82) is 0 Å². The molecule has 11 heteroatoms. The van der Waals surface area contributed by atoms with Crippen LogP contribution in [-0.4, -0.2) is 64.5 Å². The van der Waals surface area contributed by atoms with Gasteiger partial charge in [-0.1, -0.05) is 0 Å². The molecule has 0 unspecified atom stereocenters. The van der Waals surface area contributed by atoms with E-state index in [0.717, 1.165) is 12.1 Å². The summed E-state index contributed by atoms with van der Waals surface area (Å²) in [5, 5.41) is 34.4. The number of pyridine rings is 1. The third-order valence-corrected chi connectivity index (χ3v) is 7.83. The van der Waals surface area contributed by atoms with Gasteiger partial charge in [-0.05, 0) is 68.0 Å². The molecule has 1 aliphatic heterocycles. The van der Waals surface area contributed by atoms with Gasteiger partial charge in [0, 0.05) is 48.1 Å². The van der Waals surface area contributed by atoms with Gasteiger partial charge < -0.3 is 30.3 Å². The molecule has 3 aromatic rings. The highest BCUT2D eigenvalue weighted by molar-refractivity contribution is 5.85. The fourth-order valence-electron chi connectivity index (χ4n) is 5.57. The van der Waals surface area contributed by atoms with Gasteiger partial charge in [-0.2, -0.15) is 0 Å². The van der Waals surface area contributed by atoms with E-state index in [-0.39, 0.29) is 18.7 Å². The molecule has 8 nitrogen and oxygen atoms in total. The number of nitrogens with zero attached hydrogens (tertiary/aromatic N) is 2. The van der Waals surface area contributed by atoms with E-state index < -0.39 is 34.9 Å². The second-order valence-corrected chi connectivity index (χ2v) is 10.4. The molecule has 1 fully saturated rings. The number of hydrogen-bond donors (Lipinski definition) is 4. The molecular weight excluding hydrogens is 527 g/mol. The van der Waals surface area contributed by atoms with Gasteiger partial charge in [0.25, 0.3) is 0 Å². The minimum atomic E-state index is -1.51. The molecule has 0 saturated carbocycles. The third kappa shape index (κ3) is 6.83. The summed E-state index contributed by atoms with van der Waals surface area (Å²) in [6.07, 6.45) is 2.55. The Labute approximate surface area is 230 Å². The quantitative estimate of drug-likeness (QED) is 0.237. The van der Waals surface area contributed by atoms with E-state index in [1.165, 1.54) is 0 Å². The number of aromatic nitrogens is 1. The lowest BCUT2D eigenvalue weighted by atomic mass is 9.71. The van der Waals surface area contributed by atoms with Crippen LogP contribution in [0.15, 0.2) is 36.5 Å². The Balaban J connectivity index is 1.40. The molecule has 216 valence electrons. The van der Waals surface area contributed by atoms with Crippen molar-refractivity contribution in [2.45, 2.75) is 44.8 Å². The van der Waals surface area contributed by atoms with E-state index in [1.54, 1.807) is 31.5 Å². The van der Waals surface area contributed by atoms with Crippen molar-refractivity contribution in [2.75, 3.05) is 38.6 Å². The van der Waals surface area contributed by atoms with Crippen LogP contribution in [0.1, 0.15) is 49.3 Å². The van der Waals surface area contributed by atoms with Gasteiger partial charge in [0.15, 0.2) is 17.5 Å². The number of methoxy groups -OCH3 is 1. The van der Waals surface area contributed by atoms with Crippen LogP contribution < -0.4 is 10.1 Å². The Morgan fingerprint density at radius 2 is 1.88 bits per heavy atom. The Bertz CT molecular complexity index is 1320. The Morgan fingerprint density at radius 3 is 2.50 bits per heavy atom. The van der Waals surface area contributed by atoms with Crippen LogP contribution in [0.2, 0.25) is 0 Å². The lowest BCUT2D eigenvalue weighted by Gasteiger charge is -2.41.